The second-order valence-electron chi connectivity index (χ2n) is 5.97. The summed E-state index contributed by atoms with van der Waals surface area (Å²) < 4.78 is 7.51. The molecule has 7 nitrogen and oxygen atoms in total. The quantitative estimate of drug-likeness (QED) is 0.781. The molecule has 2 aromatic rings. The van der Waals surface area contributed by atoms with Gasteiger partial charge in [-0.15, -0.1) is 0 Å². The molecule has 1 amide bonds. The van der Waals surface area contributed by atoms with E-state index < -0.39 is 0 Å². The molecule has 1 aromatic carbocycles. The third-order valence-electron chi connectivity index (χ3n) is 4.52. The van der Waals surface area contributed by atoms with Crippen LogP contribution in [0, 0.1) is 17.4 Å². The number of aromatic nitrogens is 2. The van der Waals surface area contributed by atoms with Crippen molar-refractivity contribution in [2.24, 2.45) is 5.92 Å². The van der Waals surface area contributed by atoms with Crippen LogP contribution in [-0.4, -0.2) is 46.8 Å². The molecule has 0 saturated carbocycles. The van der Waals surface area contributed by atoms with E-state index in [0.29, 0.717) is 32.0 Å². The summed E-state index contributed by atoms with van der Waals surface area (Å²) in [6.45, 7) is 2.17. The minimum atomic E-state index is -0.124. The Bertz CT molecular complexity index is 796. The fraction of sp³-hybridized carbons (Fsp3) is 0.353. The van der Waals surface area contributed by atoms with E-state index in [1.54, 1.807) is 20.7 Å². The molecule has 24 heavy (non-hydrogen) atoms. The molecule has 1 unspecified atom stereocenters. The van der Waals surface area contributed by atoms with Crippen LogP contribution in [-0.2, 0) is 4.79 Å². The van der Waals surface area contributed by atoms with Gasteiger partial charge in [-0.3, -0.25) is 4.79 Å². The first kappa shape index (κ1) is 14.6. The molecule has 1 aromatic heterocycles. The Morgan fingerprint density at radius 1 is 1.38 bits per heavy atom. The van der Waals surface area contributed by atoms with Crippen molar-refractivity contribution in [2.75, 3.05) is 31.1 Å². The van der Waals surface area contributed by atoms with E-state index in [0.717, 1.165) is 17.8 Å². The molecule has 7 heteroatoms. The lowest BCUT2D eigenvalue weighted by Gasteiger charge is -2.31. The fourth-order valence-electron chi connectivity index (χ4n) is 3.27. The lowest BCUT2D eigenvalue weighted by Crippen LogP contribution is -2.42. The van der Waals surface area contributed by atoms with Crippen molar-refractivity contribution in [3.8, 4) is 17.6 Å². The Morgan fingerprint density at radius 2 is 2.29 bits per heavy atom. The number of amides is 1. The maximum Gasteiger partial charge on any atom is 0.232 e. The summed E-state index contributed by atoms with van der Waals surface area (Å²) >= 11 is 0. The first-order valence-corrected chi connectivity index (χ1v) is 7.99. The smallest absolute Gasteiger partial charge is 0.232 e. The molecular weight excluding hydrogens is 306 g/mol. The average molecular weight is 323 g/mol. The highest BCUT2D eigenvalue weighted by Crippen LogP contribution is 2.35. The Labute approximate surface area is 139 Å². The van der Waals surface area contributed by atoms with Gasteiger partial charge in [0.1, 0.15) is 12.4 Å². The van der Waals surface area contributed by atoms with Gasteiger partial charge in [0.2, 0.25) is 5.91 Å². The van der Waals surface area contributed by atoms with Gasteiger partial charge in [0.15, 0.2) is 6.19 Å². The number of carbonyl (C=O) groups excluding carboxylic acids is 1. The Hall–Kier alpha value is -3.01. The standard InChI is InChI=1S/C17H17N5O2/c18-12-20-7-4-13(11-20)17(23)21-8-9-24-16-10-14(2-3-15(16)21)22-6-1-5-19-22/h1-3,5-6,10,13H,4,7-9,11H2. The molecule has 2 aliphatic rings. The van der Waals surface area contributed by atoms with Gasteiger partial charge in [0, 0.05) is 31.5 Å². The lowest BCUT2D eigenvalue weighted by molar-refractivity contribution is -0.122. The highest BCUT2D eigenvalue weighted by atomic mass is 16.5. The molecule has 0 radical (unpaired) electrons. The molecule has 0 spiro atoms. The molecular formula is C17H17N5O2. The zero-order valence-corrected chi connectivity index (χ0v) is 13.1. The van der Waals surface area contributed by atoms with Crippen LogP contribution in [0.4, 0.5) is 5.69 Å². The molecule has 0 bridgehead atoms. The topological polar surface area (TPSA) is 74.4 Å². The van der Waals surface area contributed by atoms with E-state index in [1.807, 2.05) is 30.5 Å². The van der Waals surface area contributed by atoms with E-state index in [4.69, 9.17) is 10.00 Å². The van der Waals surface area contributed by atoms with Crippen molar-refractivity contribution < 1.29 is 9.53 Å². The summed E-state index contributed by atoms with van der Waals surface area (Å²) in [5, 5.41) is 13.2. The van der Waals surface area contributed by atoms with E-state index in [2.05, 4.69) is 11.3 Å². The van der Waals surface area contributed by atoms with Crippen molar-refractivity contribution in [3.63, 3.8) is 0 Å². The number of nitriles is 1. The minimum absolute atomic E-state index is 0.0733. The van der Waals surface area contributed by atoms with Gasteiger partial charge < -0.3 is 14.5 Å². The van der Waals surface area contributed by atoms with Crippen LogP contribution in [0.25, 0.3) is 5.69 Å². The summed E-state index contributed by atoms with van der Waals surface area (Å²) in [6, 6.07) is 7.59. The minimum Gasteiger partial charge on any atom is -0.489 e. The van der Waals surface area contributed by atoms with Crippen LogP contribution >= 0.6 is 0 Å². The van der Waals surface area contributed by atoms with Crippen molar-refractivity contribution in [1.82, 2.24) is 14.7 Å². The number of carbonyl (C=O) groups is 1. The predicted molar refractivity (Wildman–Crippen MR) is 86.7 cm³/mol. The van der Waals surface area contributed by atoms with E-state index in [1.165, 1.54) is 0 Å². The van der Waals surface area contributed by atoms with E-state index in [9.17, 15) is 4.79 Å². The summed E-state index contributed by atoms with van der Waals surface area (Å²) in [5.74, 6) is 0.642. The molecule has 2 aliphatic heterocycles. The van der Waals surface area contributed by atoms with E-state index in [-0.39, 0.29) is 11.8 Å². The predicted octanol–water partition coefficient (Wildman–Crippen LogP) is 1.40. The van der Waals surface area contributed by atoms with Crippen molar-refractivity contribution in [1.29, 1.82) is 5.26 Å². The third kappa shape index (κ3) is 2.46. The van der Waals surface area contributed by atoms with Gasteiger partial charge in [-0.2, -0.15) is 10.4 Å². The number of likely N-dealkylation sites (tertiary alicyclic amines) is 1. The zero-order chi connectivity index (χ0) is 16.5. The van der Waals surface area contributed by atoms with Crippen LogP contribution in [0.15, 0.2) is 36.7 Å². The first-order chi connectivity index (χ1) is 11.8. The van der Waals surface area contributed by atoms with Gasteiger partial charge >= 0.3 is 0 Å². The summed E-state index contributed by atoms with van der Waals surface area (Å²) in [6.07, 6.45) is 6.43. The number of hydrogen-bond donors (Lipinski definition) is 0. The second kappa shape index (κ2) is 5.89. The first-order valence-electron chi connectivity index (χ1n) is 7.99. The molecule has 1 fully saturated rings. The largest absolute Gasteiger partial charge is 0.489 e. The molecule has 122 valence electrons. The summed E-state index contributed by atoms with van der Waals surface area (Å²) in [7, 11) is 0. The molecule has 0 N–H and O–H groups in total. The number of anilines is 1. The Balaban J connectivity index is 1.60. The normalized spacial score (nSPS) is 19.5. The van der Waals surface area contributed by atoms with Crippen LogP contribution in [0.1, 0.15) is 6.42 Å². The molecule has 0 aliphatic carbocycles. The number of fused-ring (bicyclic) bond motifs is 1. The monoisotopic (exact) mass is 323 g/mol. The van der Waals surface area contributed by atoms with Crippen molar-refractivity contribution in [2.45, 2.75) is 6.42 Å². The summed E-state index contributed by atoms with van der Waals surface area (Å²) in [4.78, 5) is 16.3. The number of benzene rings is 1. The molecule has 3 heterocycles. The maximum atomic E-state index is 12.9. The molecule has 1 atom stereocenters. The number of rotatable bonds is 2. The highest BCUT2D eigenvalue weighted by Gasteiger charge is 2.34. The fourth-order valence-corrected chi connectivity index (χ4v) is 3.27. The van der Waals surface area contributed by atoms with Gasteiger partial charge in [0.05, 0.1) is 23.8 Å². The Morgan fingerprint density at radius 3 is 3.04 bits per heavy atom. The van der Waals surface area contributed by atoms with Gasteiger partial charge in [0.25, 0.3) is 0 Å². The average Bonchev–Trinajstić information content (AvgIpc) is 3.31. The van der Waals surface area contributed by atoms with Crippen molar-refractivity contribution >= 4 is 11.6 Å². The van der Waals surface area contributed by atoms with E-state index >= 15 is 0 Å². The highest BCUT2D eigenvalue weighted by molar-refractivity contribution is 5.97. The summed E-state index contributed by atoms with van der Waals surface area (Å²) in [5.41, 5.74) is 1.68. The number of nitrogens with zero attached hydrogens (tertiary/aromatic N) is 5. The van der Waals surface area contributed by atoms with Gasteiger partial charge in [-0.1, -0.05) is 0 Å². The molecule has 1 saturated heterocycles. The van der Waals surface area contributed by atoms with Crippen LogP contribution in [0.2, 0.25) is 0 Å². The SMILES string of the molecule is N#CN1CCC(C(=O)N2CCOc3cc(-n4cccn4)ccc32)C1. The van der Waals surface area contributed by atoms with Gasteiger partial charge in [-0.25, -0.2) is 4.68 Å². The maximum absolute atomic E-state index is 12.9. The lowest BCUT2D eigenvalue weighted by atomic mass is 10.1. The number of ether oxygens (including phenoxy) is 1. The Kier molecular flexibility index (Phi) is 3.58. The van der Waals surface area contributed by atoms with Gasteiger partial charge in [-0.05, 0) is 24.6 Å². The van der Waals surface area contributed by atoms with Crippen LogP contribution in [0.3, 0.4) is 0 Å². The number of hydrogen-bond acceptors (Lipinski definition) is 5. The van der Waals surface area contributed by atoms with Crippen LogP contribution < -0.4 is 9.64 Å². The zero-order valence-electron chi connectivity index (χ0n) is 13.1. The second-order valence-corrected chi connectivity index (χ2v) is 5.97. The molecule has 4 rings (SSSR count). The van der Waals surface area contributed by atoms with Crippen LogP contribution in [0.5, 0.6) is 5.75 Å². The third-order valence-corrected chi connectivity index (χ3v) is 4.52. The van der Waals surface area contributed by atoms with Crippen molar-refractivity contribution in [3.05, 3.63) is 36.7 Å².